The lowest BCUT2D eigenvalue weighted by molar-refractivity contribution is -0.322. The summed E-state index contributed by atoms with van der Waals surface area (Å²) in [4.78, 5) is 4.86. The van der Waals surface area contributed by atoms with Gasteiger partial charge in [0, 0.05) is 17.8 Å². The summed E-state index contributed by atoms with van der Waals surface area (Å²) in [5.74, 6) is 0.917. The summed E-state index contributed by atoms with van der Waals surface area (Å²) in [7, 11) is 0. The van der Waals surface area contributed by atoms with Crippen molar-refractivity contribution in [3.63, 3.8) is 0 Å². The highest BCUT2D eigenvalue weighted by Crippen LogP contribution is 2.31. The Bertz CT molecular complexity index is 1130. The summed E-state index contributed by atoms with van der Waals surface area (Å²) in [5, 5.41) is 24.6. The van der Waals surface area contributed by atoms with Gasteiger partial charge in [-0.25, -0.2) is 4.98 Å². The summed E-state index contributed by atoms with van der Waals surface area (Å²) < 4.78 is 19.8. The molecule has 1 aromatic heterocycles. The fraction of sp³-hybridized carbons (Fsp3) is 0.500. The van der Waals surface area contributed by atoms with Crippen molar-refractivity contribution in [2.75, 3.05) is 11.9 Å². The van der Waals surface area contributed by atoms with Crippen LogP contribution in [-0.4, -0.2) is 63.3 Å². The molecular weight excluding hydrogens is 434 g/mol. The standard InChI is InChI=1S/C26H33N3O5/c1-4-6-21-32-14-20-24(34-21)22(30)23(31)26(33-20)27-17-10-8-16(9-11-17)25-28-18-13-15(3)7-12-19(18)29(25)5-2/h7-13,20-24,26-27,30-31H,4-6,14H2,1-3H3/t20-,21?,22-,23-,24-,26-/m1/s1. The Hall–Kier alpha value is -2.49. The van der Waals surface area contributed by atoms with E-state index in [-0.39, 0.29) is 6.29 Å². The van der Waals surface area contributed by atoms with Gasteiger partial charge in [-0.05, 0) is 62.2 Å². The van der Waals surface area contributed by atoms with Crippen molar-refractivity contribution in [3.8, 4) is 11.4 Å². The first kappa shape index (κ1) is 23.3. The Labute approximate surface area is 199 Å². The molecule has 0 saturated carbocycles. The number of aliphatic hydroxyl groups is 2. The van der Waals surface area contributed by atoms with Gasteiger partial charge in [0.2, 0.25) is 0 Å². The average Bonchev–Trinajstić information content (AvgIpc) is 3.21. The lowest BCUT2D eigenvalue weighted by Gasteiger charge is -2.46. The maximum Gasteiger partial charge on any atom is 0.158 e. The van der Waals surface area contributed by atoms with Crippen LogP contribution in [0.5, 0.6) is 0 Å². The molecule has 0 bridgehead atoms. The summed E-state index contributed by atoms with van der Waals surface area (Å²) in [5.41, 5.74) is 5.06. The van der Waals surface area contributed by atoms with Crippen LogP contribution in [0, 0.1) is 6.92 Å². The molecular formula is C26H33N3O5. The quantitative estimate of drug-likeness (QED) is 0.511. The van der Waals surface area contributed by atoms with Crippen LogP contribution in [0.4, 0.5) is 5.69 Å². The molecule has 2 aromatic carbocycles. The van der Waals surface area contributed by atoms with E-state index in [0.29, 0.717) is 6.61 Å². The Morgan fingerprint density at radius 1 is 1.06 bits per heavy atom. The van der Waals surface area contributed by atoms with Gasteiger partial charge in [0.1, 0.15) is 30.2 Å². The molecule has 3 aromatic rings. The van der Waals surface area contributed by atoms with E-state index in [1.54, 1.807) is 0 Å². The molecule has 0 aliphatic carbocycles. The zero-order valence-electron chi connectivity index (χ0n) is 19.8. The van der Waals surface area contributed by atoms with E-state index in [0.717, 1.165) is 47.5 Å². The number of hydrogen-bond donors (Lipinski definition) is 3. The highest BCUT2D eigenvalue weighted by atomic mass is 16.7. The number of hydrogen-bond acceptors (Lipinski definition) is 7. The molecule has 34 heavy (non-hydrogen) atoms. The molecule has 3 heterocycles. The Kier molecular flexibility index (Phi) is 6.59. The fourth-order valence-corrected chi connectivity index (χ4v) is 4.83. The van der Waals surface area contributed by atoms with Gasteiger partial charge in [-0.1, -0.05) is 19.4 Å². The first-order valence-electron chi connectivity index (χ1n) is 12.1. The number of anilines is 1. The molecule has 0 amide bonds. The zero-order chi connectivity index (χ0) is 23.8. The number of imidazole rings is 1. The van der Waals surface area contributed by atoms with Gasteiger partial charge in [-0.3, -0.25) is 0 Å². The molecule has 8 heteroatoms. The average molecular weight is 468 g/mol. The van der Waals surface area contributed by atoms with Crippen molar-refractivity contribution < 1.29 is 24.4 Å². The number of nitrogens with one attached hydrogen (secondary N) is 1. The molecule has 182 valence electrons. The third-order valence-electron chi connectivity index (χ3n) is 6.64. The second-order valence-electron chi connectivity index (χ2n) is 9.12. The number of aromatic nitrogens is 2. The van der Waals surface area contributed by atoms with E-state index in [1.165, 1.54) is 5.56 Å². The number of aryl methyl sites for hydroxylation is 2. The molecule has 8 nitrogen and oxygen atoms in total. The number of ether oxygens (including phenoxy) is 3. The van der Waals surface area contributed by atoms with Gasteiger partial charge in [-0.2, -0.15) is 0 Å². The summed E-state index contributed by atoms with van der Waals surface area (Å²) in [6.45, 7) is 7.37. The minimum absolute atomic E-state index is 0.322. The summed E-state index contributed by atoms with van der Waals surface area (Å²) in [6, 6.07) is 14.2. The van der Waals surface area contributed by atoms with E-state index in [1.807, 2.05) is 31.2 Å². The Morgan fingerprint density at radius 3 is 2.59 bits per heavy atom. The lowest BCUT2D eigenvalue weighted by Crippen LogP contribution is -2.64. The van der Waals surface area contributed by atoms with Crippen LogP contribution < -0.4 is 5.32 Å². The van der Waals surface area contributed by atoms with Gasteiger partial charge in [-0.15, -0.1) is 0 Å². The smallest absolute Gasteiger partial charge is 0.158 e. The van der Waals surface area contributed by atoms with E-state index in [9.17, 15) is 10.2 Å². The third kappa shape index (κ3) is 4.32. The predicted octanol–water partition coefficient (Wildman–Crippen LogP) is 3.43. The molecule has 0 spiro atoms. The Balaban J connectivity index is 1.31. The van der Waals surface area contributed by atoms with E-state index in [2.05, 4.69) is 41.9 Å². The van der Waals surface area contributed by atoms with Crippen molar-refractivity contribution in [1.82, 2.24) is 9.55 Å². The van der Waals surface area contributed by atoms with Gasteiger partial charge < -0.3 is 34.3 Å². The van der Waals surface area contributed by atoms with Crippen LogP contribution in [-0.2, 0) is 20.8 Å². The highest BCUT2D eigenvalue weighted by Gasteiger charge is 2.48. The van der Waals surface area contributed by atoms with Gasteiger partial charge in [0.25, 0.3) is 0 Å². The molecule has 5 rings (SSSR count). The molecule has 2 aliphatic rings. The van der Waals surface area contributed by atoms with Crippen LogP contribution in [0.2, 0.25) is 0 Å². The van der Waals surface area contributed by atoms with Crippen molar-refractivity contribution in [2.24, 2.45) is 0 Å². The first-order chi connectivity index (χ1) is 16.5. The van der Waals surface area contributed by atoms with Crippen LogP contribution in [0.1, 0.15) is 32.3 Å². The van der Waals surface area contributed by atoms with Crippen LogP contribution in [0.3, 0.4) is 0 Å². The zero-order valence-corrected chi connectivity index (χ0v) is 19.8. The second-order valence-corrected chi connectivity index (χ2v) is 9.12. The largest absolute Gasteiger partial charge is 0.387 e. The van der Waals surface area contributed by atoms with Crippen molar-refractivity contribution >= 4 is 16.7 Å². The van der Waals surface area contributed by atoms with Gasteiger partial charge in [0.15, 0.2) is 12.5 Å². The maximum atomic E-state index is 10.7. The number of fused-ring (bicyclic) bond motifs is 2. The molecule has 2 aliphatic heterocycles. The Morgan fingerprint density at radius 2 is 1.85 bits per heavy atom. The minimum atomic E-state index is -1.13. The van der Waals surface area contributed by atoms with E-state index in [4.69, 9.17) is 19.2 Å². The van der Waals surface area contributed by atoms with Crippen molar-refractivity contribution in [1.29, 1.82) is 0 Å². The number of aliphatic hydroxyl groups excluding tert-OH is 2. The molecule has 3 N–H and O–H groups in total. The van der Waals surface area contributed by atoms with E-state index >= 15 is 0 Å². The van der Waals surface area contributed by atoms with Crippen LogP contribution >= 0.6 is 0 Å². The first-order valence-corrected chi connectivity index (χ1v) is 12.1. The summed E-state index contributed by atoms with van der Waals surface area (Å²) in [6.07, 6.45) is -2.74. The molecule has 0 radical (unpaired) electrons. The molecule has 2 fully saturated rings. The normalized spacial score (nSPS) is 29.2. The number of rotatable bonds is 6. The highest BCUT2D eigenvalue weighted by molar-refractivity contribution is 5.81. The molecule has 1 unspecified atom stereocenters. The molecule has 6 atom stereocenters. The van der Waals surface area contributed by atoms with Crippen LogP contribution in [0.15, 0.2) is 42.5 Å². The molecule has 2 saturated heterocycles. The minimum Gasteiger partial charge on any atom is -0.387 e. The van der Waals surface area contributed by atoms with E-state index < -0.39 is 30.6 Å². The lowest BCUT2D eigenvalue weighted by atomic mass is 9.97. The van der Waals surface area contributed by atoms with Gasteiger partial charge >= 0.3 is 0 Å². The van der Waals surface area contributed by atoms with Crippen molar-refractivity contribution in [2.45, 2.75) is 77.1 Å². The third-order valence-corrected chi connectivity index (χ3v) is 6.64. The maximum absolute atomic E-state index is 10.7. The monoisotopic (exact) mass is 467 g/mol. The number of benzene rings is 2. The number of nitrogens with zero attached hydrogens (tertiary/aromatic N) is 2. The SMILES string of the molecule is CCCC1OC[C@H]2O[C@@H](Nc3ccc(-c4nc5cc(C)ccc5n4CC)cc3)[C@H](O)[C@@H](O)[C@@H]2O1. The topological polar surface area (TPSA) is 98.0 Å². The second kappa shape index (κ2) is 9.64. The van der Waals surface area contributed by atoms with Crippen molar-refractivity contribution in [3.05, 3.63) is 48.0 Å². The predicted molar refractivity (Wildman–Crippen MR) is 129 cm³/mol. The van der Waals surface area contributed by atoms with Crippen LogP contribution in [0.25, 0.3) is 22.4 Å². The fourth-order valence-electron chi connectivity index (χ4n) is 4.83. The summed E-state index contributed by atoms with van der Waals surface area (Å²) >= 11 is 0. The van der Waals surface area contributed by atoms with Gasteiger partial charge in [0.05, 0.1) is 17.6 Å².